The highest BCUT2D eigenvalue weighted by Crippen LogP contribution is 2.37. The van der Waals surface area contributed by atoms with Gasteiger partial charge in [0.25, 0.3) is 5.91 Å². The minimum absolute atomic E-state index is 0.0856. The van der Waals surface area contributed by atoms with Crippen LogP contribution in [-0.2, 0) is 6.42 Å². The lowest BCUT2D eigenvalue weighted by Crippen LogP contribution is -2.40. The monoisotopic (exact) mass is 525 g/mol. The topological polar surface area (TPSA) is 56.6 Å². The molecule has 4 aromatic rings. The predicted molar refractivity (Wildman–Crippen MR) is 156 cm³/mol. The van der Waals surface area contributed by atoms with Crippen LogP contribution in [0.3, 0.4) is 0 Å². The summed E-state index contributed by atoms with van der Waals surface area (Å²) >= 11 is 0. The number of ether oxygens (including phenoxy) is 2. The molecule has 6 heteroatoms. The molecule has 6 nitrogen and oxygen atoms in total. The van der Waals surface area contributed by atoms with Crippen LogP contribution in [-0.4, -0.2) is 40.6 Å². The van der Waals surface area contributed by atoms with Crippen LogP contribution in [0.25, 0.3) is 16.7 Å². The van der Waals surface area contributed by atoms with Gasteiger partial charge in [0.15, 0.2) is 0 Å². The minimum atomic E-state index is -0.120. The molecule has 0 spiro atoms. The first-order valence-corrected chi connectivity index (χ1v) is 14.2. The lowest BCUT2D eigenvalue weighted by Gasteiger charge is -2.36. The zero-order valence-electron chi connectivity index (χ0n) is 23.6. The number of carbonyl (C=O) groups is 1. The van der Waals surface area contributed by atoms with E-state index in [0.29, 0.717) is 13.2 Å². The van der Waals surface area contributed by atoms with Crippen LogP contribution in [0.15, 0.2) is 60.7 Å². The van der Waals surface area contributed by atoms with Crippen molar-refractivity contribution in [2.24, 2.45) is 0 Å². The number of hydrogen-bond donors (Lipinski definition) is 0. The van der Waals surface area contributed by atoms with Crippen LogP contribution in [0.5, 0.6) is 11.5 Å². The van der Waals surface area contributed by atoms with Crippen molar-refractivity contribution in [2.75, 3.05) is 20.3 Å². The van der Waals surface area contributed by atoms with Crippen LogP contribution in [0, 0.1) is 6.92 Å². The Morgan fingerprint density at radius 2 is 1.82 bits per heavy atom. The van der Waals surface area contributed by atoms with Crippen molar-refractivity contribution in [3.8, 4) is 17.2 Å². The third-order valence-electron chi connectivity index (χ3n) is 7.73. The van der Waals surface area contributed by atoms with E-state index in [2.05, 4.69) is 47.6 Å². The molecular weight excluding hydrogens is 486 g/mol. The summed E-state index contributed by atoms with van der Waals surface area (Å²) in [5.41, 5.74) is 5.80. The molecule has 0 aliphatic carbocycles. The van der Waals surface area contributed by atoms with Gasteiger partial charge in [-0.1, -0.05) is 32.4 Å². The van der Waals surface area contributed by atoms with Gasteiger partial charge in [-0.05, 0) is 98.7 Å². The minimum Gasteiger partial charge on any atom is -0.497 e. The van der Waals surface area contributed by atoms with Crippen molar-refractivity contribution in [2.45, 2.75) is 65.3 Å². The van der Waals surface area contributed by atoms with Crippen LogP contribution < -0.4 is 9.47 Å². The molecule has 3 aromatic carbocycles. The van der Waals surface area contributed by atoms with E-state index in [1.807, 2.05) is 43.3 Å². The number of aromatic nitrogens is 2. The Hall–Kier alpha value is -3.80. The first-order chi connectivity index (χ1) is 19.0. The van der Waals surface area contributed by atoms with Gasteiger partial charge in [-0.2, -0.15) is 0 Å². The van der Waals surface area contributed by atoms with Crippen molar-refractivity contribution in [3.05, 3.63) is 83.2 Å². The number of likely N-dealkylation sites (tertiary alicyclic amines) is 1. The Bertz CT molecular complexity index is 1440. The summed E-state index contributed by atoms with van der Waals surface area (Å²) in [5, 5.41) is 0. The Morgan fingerprint density at radius 3 is 2.56 bits per heavy atom. The lowest BCUT2D eigenvalue weighted by atomic mass is 9.95. The average molecular weight is 526 g/mol. The molecule has 1 aliphatic heterocycles. The number of imidazole rings is 1. The number of carbonyl (C=O) groups excluding carboxylic acids is 1. The van der Waals surface area contributed by atoms with Crippen molar-refractivity contribution in [1.82, 2.24) is 14.5 Å². The van der Waals surface area contributed by atoms with Gasteiger partial charge in [-0.25, -0.2) is 4.98 Å². The summed E-state index contributed by atoms with van der Waals surface area (Å²) in [4.78, 5) is 21.5. The maximum atomic E-state index is 14.3. The molecule has 1 atom stereocenters. The van der Waals surface area contributed by atoms with Crippen molar-refractivity contribution in [1.29, 1.82) is 0 Å². The second kappa shape index (κ2) is 11.9. The third kappa shape index (κ3) is 5.38. The number of aryl methyl sites for hydroxylation is 2. The number of benzene rings is 3. The van der Waals surface area contributed by atoms with E-state index >= 15 is 0 Å². The summed E-state index contributed by atoms with van der Waals surface area (Å²) in [6, 6.07) is 20.2. The zero-order valence-corrected chi connectivity index (χ0v) is 23.6. The molecule has 0 N–H and O–H groups in total. The maximum Gasteiger partial charge on any atom is 0.255 e. The molecule has 0 saturated carbocycles. The zero-order chi connectivity index (χ0) is 27.4. The normalized spacial score (nSPS) is 15.5. The van der Waals surface area contributed by atoms with E-state index < -0.39 is 0 Å². The average Bonchev–Trinajstić information content (AvgIpc) is 3.36. The number of hydrogen-bond acceptors (Lipinski definition) is 4. The number of para-hydroxylation sites is 2. The number of methoxy groups -OCH3 is 1. The first-order valence-electron chi connectivity index (χ1n) is 14.2. The van der Waals surface area contributed by atoms with E-state index in [1.54, 1.807) is 7.11 Å². The number of nitrogens with zero attached hydrogens (tertiary/aromatic N) is 3. The first kappa shape index (κ1) is 26.8. The van der Waals surface area contributed by atoms with Gasteiger partial charge in [-0.15, -0.1) is 0 Å². The molecule has 1 saturated heterocycles. The smallest absolute Gasteiger partial charge is 0.255 e. The Labute approximate surface area is 231 Å². The van der Waals surface area contributed by atoms with Gasteiger partial charge < -0.3 is 14.4 Å². The number of amides is 1. The van der Waals surface area contributed by atoms with Crippen LogP contribution in [0.1, 0.15) is 79.3 Å². The third-order valence-corrected chi connectivity index (χ3v) is 7.73. The highest BCUT2D eigenvalue weighted by molar-refractivity contribution is 5.98. The summed E-state index contributed by atoms with van der Waals surface area (Å²) in [7, 11) is 1.68. The highest BCUT2D eigenvalue weighted by Gasteiger charge is 2.34. The maximum absolute atomic E-state index is 14.3. The van der Waals surface area contributed by atoms with Gasteiger partial charge in [-0.3, -0.25) is 9.36 Å². The molecule has 5 rings (SSSR count). The fourth-order valence-corrected chi connectivity index (χ4v) is 5.68. The molecule has 0 radical (unpaired) electrons. The quantitative estimate of drug-likeness (QED) is 0.213. The van der Waals surface area contributed by atoms with Gasteiger partial charge in [0.2, 0.25) is 0 Å². The van der Waals surface area contributed by atoms with E-state index in [1.165, 1.54) is 0 Å². The molecule has 2 heterocycles. The van der Waals surface area contributed by atoms with Crippen LogP contribution in [0.2, 0.25) is 0 Å². The van der Waals surface area contributed by atoms with E-state index in [-0.39, 0.29) is 11.9 Å². The summed E-state index contributed by atoms with van der Waals surface area (Å²) in [5.74, 6) is 2.65. The second-order valence-electron chi connectivity index (χ2n) is 10.3. The highest BCUT2D eigenvalue weighted by atomic mass is 16.5. The second-order valence-corrected chi connectivity index (χ2v) is 10.3. The van der Waals surface area contributed by atoms with Gasteiger partial charge in [0, 0.05) is 17.8 Å². The molecule has 39 heavy (non-hydrogen) atoms. The molecule has 1 amide bonds. The fourth-order valence-electron chi connectivity index (χ4n) is 5.68. The Morgan fingerprint density at radius 1 is 1.03 bits per heavy atom. The summed E-state index contributed by atoms with van der Waals surface area (Å²) < 4.78 is 13.6. The Kier molecular flexibility index (Phi) is 8.20. The molecule has 0 bridgehead atoms. The van der Waals surface area contributed by atoms with Crippen LogP contribution in [0.4, 0.5) is 0 Å². The number of unbranched alkanes of at least 4 members (excludes halogenated alkanes) is 1. The van der Waals surface area contributed by atoms with Gasteiger partial charge >= 0.3 is 0 Å². The number of piperidine rings is 1. The number of fused-ring (bicyclic) bond motifs is 1. The van der Waals surface area contributed by atoms with Crippen molar-refractivity contribution < 1.29 is 14.3 Å². The summed E-state index contributed by atoms with van der Waals surface area (Å²) in [6.45, 7) is 7.71. The molecule has 1 aliphatic rings. The molecular formula is C33H39N3O3. The SMILES string of the molecule is CCCCOc1cc(C)c(C(=O)N2CCCCC2c2nc3ccccc3n2-c2ccc(OC)cc2)c(CC)c1. The van der Waals surface area contributed by atoms with Gasteiger partial charge in [0.05, 0.1) is 30.8 Å². The summed E-state index contributed by atoms with van der Waals surface area (Å²) in [6.07, 6.45) is 5.81. The van der Waals surface area contributed by atoms with Crippen LogP contribution >= 0.6 is 0 Å². The predicted octanol–water partition coefficient (Wildman–Crippen LogP) is 7.45. The van der Waals surface area contributed by atoms with E-state index in [0.717, 1.165) is 89.3 Å². The Balaban J connectivity index is 1.56. The number of rotatable bonds is 9. The molecule has 1 unspecified atom stereocenters. The largest absolute Gasteiger partial charge is 0.497 e. The standard InChI is InChI=1S/C33H39N3O3/c1-5-7-20-39-27-21-23(3)31(24(6-2)22-27)33(37)35-19-11-10-14-30(35)32-34-28-12-8-9-13-29(28)36(32)25-15-17-26(38-4)18-16-25/h8-9,12-13,15-18,21-22,30H,5-7,10-11,14,19-20H2,1-4H3. The van der Waals surface area contributed by atoms with Gasteiger partial charge in [0.1, 0.15) is 17.3 Å². The lowest BCUT2D eigenvalue weighted by molar-refractivity contribution is 0.0596. The van der Waals surface area contributed by atoms with Crippen molar-refractivity contribution in [3.63, 3.8) is 0 Å². The molecule has 1 fully saturated rings. The van der Waals surface area contributed by atoms with E-state index in [4.69, 9.17) is 14.5 Å². The van der Waals surface area contributed by atoms with E-state index in [9.17, 15) is 4.79 Å². The molecule has 1 aromatic heterocycles. The fraction of sp³-hybridized carbons (Fsp3) is 0.394. The van der Waals surface area contributed by atoms with Crippen molar-refractivity contribution >= 4 is 16.9 Å². The molecule has 204 valence electrons.